The highest BCUT2D eigenvalue weighted by Crippen LogP contribution is 2.62. The van der Waals surface area contributed by atoms with Gasteiger partial charge in [-0.25, -0.2) is 0 Å². The molecule has 5 N–H and O–H groups in total. The Morgan fingerprint density at radius 2 is 1.76 bits per heavy atom. The predicted molar refractivity (Wildman–Crippen MR) is 102 cm³/mol. The maximum absolute atomic E-state index is 10.8. The molecular weight excluding hydrogens is 380 g/mol. The summed E-state index contributed by atoms with van der Waals surface area (Å²) >= 11 is 0. The molecule has 2 saturated heterocycles. The lowest BCUT2D eigenvalue weighted by Gasteiger charge is -2.54. The van der Waals surface area contributed by atoms with Gasteiger partial charge in [0.05, 0.1) is 30.5 Å². The lowest BCUT2D eigenvalue weighted by Crippen LogP contribution is -2.61. The summed E-state index contributed by atoms with van der Waals surface area (Å²) in [6.07, 6.45) is -2.52. The fraction of sp³-hybridized carbons (Fsp3) is 1.00. The zero-order chi connectivity index (χ0) is 21.2. The highest BCUT2D eigenvalue weighted by molar-refractivity contribution is 5.13. The molecule has 4 aliphatic rings. The van der Waals surface area contributed by atoms with Crippen LogP contribution in [-0.2, 0) is 14.2 Å². The summed E-state index contributed by atoms with van der Waals surface area (Å²) in [5, 5.41) is 50.5. The van der Waals surface area contributed by atoms with Crippen LogP contribution in [0.5, 0.6) is 0 Å². The second kappa shape index (κ2) is 7.38. The van der Waals surface area contributed by atoms with Crippen LogP contribution in [0.2, 0.25) is 0 Å². The SMILES string of the molecule is CC(C)(O[C@@H]1O[C@H](CO)[C@@H](O)[C@H](O)[C@H]1O)[C@@H]1CC[C@@]23CO[C@@](C)(CC[C@@H]2O)[C@@H]3C1. The molecule has 2 saturated carbocycles. The molecule has 4 fully saturated rings. The molecule has 29 heavy (non-hydrogen) atoms. The molecule has 10 atom stereocenters. The highest BCUT2D eigenvalue weighted by Gasteiger charge is 2.64. The molecule has 2 aliphatic carbocycles. The Morgan fingerprint density at radius 1 is 1.03 bits per heavy atom. The van der Waals surface area contributed by atoms with E-state index in [1.807, 2.05) is 13.8 Å². The van der Waals surface area contributed by atoms with Crippen molar-refractivity contribution in [1.29, 1.82) is 0 Å². The van der Waals surface area contributed by atoms with Gasteiger partial charge in [0.2, 0.25) is 0 Å². The summed E-state index contributed by atoms with van der Waals surface area (Å²) in [5.41, 5.74) is -1.08. The van der Waals surface area contributed by atoms with Crippen LogP contribution in [0.3, 0.4) is 0 Å². The van der Waals surface area contributed by atoms with Crippen molar-refractivity contribution >= 4 is 0 Å². The maximum Gasteiger partial charge on any atom is 0.187 e. The van der Waals surface area contributed by atoms with Crippen molar-refractivity contribution in [3.8, 4) is 0 Å². The quantitative estimate of drug-likeness (QED) is 0.431. The molecule has 0 unspecified atom stereocenters. The van der Waals surface area contributed by atoms with E-state index in [0.29, 0.717) is 6.61 Å². The van der Waals surface area contributed by atoms with Gasteiger partial charge in [0.15, 0.2) is 6.29 Å². The Kier molecular flexibility index (Phi) is 5.57. The number of ether oxygens (including phenoxy) is 3. The van der Waals surface area contributed by atoms with Crippen molar-refractivity contribution in [2.75, 3.05) is 13.2 Å². The average molecular weight is 417 g/mol. The topological polar surface area (TPSA) is 129 Å². The lowest BCUT2D eigenvalue weighted by atomic mass is 9.52. The van der Waals surface area contributed by atoms with Gasteiger partial charge in [-0.3, -0.25) is 0 Å². The van der Waals surface area contributed by atoms with E-state index in [-0.39, 0.29) is 29.0 Å². The van der Waals surface area contributed by atoms with Crippen LogP contribution in [0.15, 0.2) is 0 Å². The molecule has 0 radical (unpaired) electrons. The number of hydrogen-bond acceptors (Lipinski definition) is 8. The first-order valence-corrected chi connectivity index (χ1v) is 10.8. The summed E-state index contributed by atoms with van der Waals surface area (Å²) in [6.45, 7) is 6.17. The first kappa shape index (κ1) is 21.9. The minimum absolute atomic E-state index is 0.152. The zero-order valence-electron chi connectivity index (χ0n) is 17.5. The molecule has 168 valence electrons. The van der Waals surface area contributed by atoms with Crippen molar-refractivity contribution < 1.29 is 39.7 Å². The van der Waals surface area contributed by atoms with Gasteiger partial charge in [-0.2, -0.15) is 0 Å². The van der Waals surface area contributed by atoms with Gasteiger partial charge in [-0.1, -0.05) is 0 Å². The minimum Gasteiger partial charge on any atom is -0.394 e. The van der Waals surface area contributed by atoms with Crippen molar-refractivity contribution in [1.82, 2.24) is 0 Å². The van der Waals surface area contributed by atoms with Gasteiger partial charge < -0.3 is 39.7 Å². The maximum atomic E-state index is 10.8. The molecule has 2 heterocycles. The second-order valence-corrected chi connectivity index (χ2v) is 10.3. The molecule has 8 heteroatoms. The van der Waals surface area contributed by atoms with E-state index in [9.17, 15) is 25.5 Å². The Bertz CT molecular complexity index is 611. The summed E-state index contributed by atoms with van der Waals surface area (Å²) < 4.78 is 17.9. The molecular formula is C21H36O8. The number of aliphatic hydroxyl groups excluding tert-OH is 5. The van der Waals surface area contributed by atoms with Gasteiger partial charge >= 0.3 is 0 Å². The molecule has 0 aromatic rings. The van der Waals surface area contributed by atoms with E-state index >= 15 is 0 Å². The average Bonchev–Trinajstić information content (AvgIpc) is 2.93. The Balaban J connectivity index is 1.49. The van der Waals surface area contributed by atoms with E-state index in [1.54, 1.807) is 0 Å². The van der Waals surface area contributed by atoms with Crippen molar-refractivity contribution in [2.24, 2.45) is 17.3 Å². The van der Waals surface area contributed by atoms with E-state index in [4.69, 9.17) is 14.2 Å². The second-order valence-electron chi connectivity index (χ2n) is 10.3. The van der Waals surface area contributed by atoms with Gasteiger partial charge in [-0.15, -0.1) is 0 Å². The zero-order valence-corrected chi connectivity index (χ0v) is 17.5. The number of hydrogen-bond donors (Lipinski definition) is 5. The van der Waals surface area contributed by atoms with Crippen LogP contribution in [0, 0.1) is 17.3 Å². The Morgan fingerprint density at radius 3 is 2.45 bits per heavy atom. The van der Waals surface area contributed by atoms with Crippen molar-refractivity contribution in [2.45, 2.75) is 101 Å². The molecule has 0 amide bonds. The normalized spacial score (nSPS) is 53.0. The molecule has 0 aromatic carbocycles. The summed E-state index contributed by atoms with van der Waals surface area (Å²) in [5.74, 6) is 0.398. The third kappa shape index (κ3) is 3.36. The number of aliphatic hydroxyl groups is 5. The van der Waals surface area contributed by atoms with Crippen LogP contribution < -0.4 is 0 Å². The van der Waals surface area contributed by atoms with Gasteiger partial charge in [-0.05, 0) is 64.7 Å². The third-order valence-electron chi connectivity index (χ3n) is 8.41. The first-order valence-electron chi connectivity index (χ1n) is 10.8. The smallest absolute Gasteiger partial charge is 0.187 e. The van der Waals surface area contributed by atoms with E-state index < -0.39 is 42.9 Å². The largest absolute Gasteiger partial charge is 0.394 e. The molecule has 2 bridgehead atoms. The Hall–Kier alpha value is -0.320. The predicted octanol–water partition coefficient (Wildman–Crippen LogP) is -0.0722. The third-order valence-corrected chi connectivity index (χ3v) is 8.41. The van der Waals surface area contributed by atoms with Gasteiger partial charge in [0.1, 0.15) is 24.4 Å². The van der Waals surface area contributed by atoms with E-state index in [0.717, 1.165) is 32.1 Å². The van der Waals surface area contributed by atoms with Crippen LogP contribution in [0.4, 0.5) is 0 Å². The molecule has 0 spiro atoms. The monoisotopic (exact) mass is 416 g/mol. The van der Waals surface area contributed by atoms with Crippen molar-refractivity contribution in [3.63, 3.8) is 0 Å². The summed E-state index contributed by atoms with van der Waals surface area (Å²) in [7, 11) is 0. The fourth-order valence-corrected chi connectivity index (χ4v) is 6.33. The van der Waals surface area contributed by atoms with E-state index in [2.05, 4.69) is 6.92 Å². The van der Waals surface area contributed by atoms with Crippen LogP contribution in [0.1, 0.15) is 52.9 Å². The van der Waals surface area contributed by atoms with E-state index in [1.165, 1.54) is 0 Å². The fourth-order valence-electron chi connectivity index (χ4n) is 6.33. The lowest BCUT2D eigenvalue weighted by molar-refractivity contribution is -0.330. The van der Waals surface area contributed by atoms with Gasteiger partial charge in [0.25, 0.3) is 0 Å². The van der Waals surface area contributed by atoms with Crippen LogP contribution in [-0.4, -0.2) is 86.8 Å². The van der Waals surface area contributed by atoms with Crippen LogP contribution in [0.25, 0.3) is 0 Å². The summed E-state index contributed by atoms with van der Waals surface area (Å²) in [6, 6.07) is 0. The molecule has 4 rings (SSSR count). The molecule has 0 aromatic heterocycles. The number of rotatable bonds is 4. The highest BCUT2D eigenvalue weighted by atomic mass is 16.7. The Labute approximate surface area is 171 Å². The molecule has 8 nitrogen and oxygen atoms in total. The van der Waals surface area contributed by atoms with Crippen LogP contribution >= 0.6 is 0 Å². The minimum atomic E-state index is -1.45. The summed E-state index contributed by atoms with van der Waals surface area (Å²) in [4.78, 5) is 0. The molecule has 2 aliphatic heterocycles. The first-order chi connectivity index (χ1) is 13.5. The van der Waals surface area contributed by atoms with Crippen molar-refractivity contribution in [3.05, 3.63) is 0 Å². The standard InChI is InChI=1S/C21H36O8/c1-19(2,29-18-17(26)16(25)15(24)12(9-22)28-18)11-4-7-21-10-27-20(3,13(21)8-11)6-5-14(21)23/h11-18,22-26H,4-10H2,1-3H3/t11-,12-,13+,14+,15-,16+,17-,18+,20+,21+/m1/s1. The van der Waals surface area contributed by atoms with Gasteiger partial charge in [0, 0.05) is 5.41 Å².